The number of carbonyl (C=O) groups excluding carboxylic acids is 1. The Morgan fingerprint density at radius 1 is 1.50 bits per heavy atom. The van der Waals surface area contributed by atoms with Crippen molar-refractivity contribution in [1.82, 2.24) is 0 Å². The summed E-state index contributed by atoms with van der Waals surface area (Å²) in [4.78, 5) is 11.0. The minimum absolute atomic E-state index is 0.0315. The summed E-state index contributed by atoms with van der Waals surface area (Å²) in [5.74, 6) is 0. The van der Waals surface area contributed by atoms with Gasteiger partial charge >= 0.3 is 6.09 Å². The van der Waals surface area contributed by atoms with Crippen LogP contribution in [0.5, 0.6) is 0 Å². The van der Waals surface area contributed by atoms with E-state index in [1.165, 1.54) is 0 Å². The smallest absolute Gasteiger partial charge is 0.411 e. The van der Waals surface area contributed by atoms with Crippen molar-refractivity contribution < 1.29 is 14.6 Å². The van der Waals surface area contributed by atoms with Gasteiger partial charge < -0.3 is 9.84 Å². The second kappa shape index (κ2) is 5.47. The third-order valence-corrected chi connectivity index (χ3v) is 1.76. The number of aliphatic hydroxyl groups is 1. The van der Waals surface area contributed by atoms with Gasteiger partial charge in [-0.1, -0.05) is 23.7 Å². The third kappa shape index (κ3) is 3.24. The maximum absolute atomic E-state index is 11.0. The highest BCUT2D eigenvalue weighted by Gasteiger charge is 2.04. The Labute approximate surface area is 86.4 Å². The Morgan fingerprint density at radius 2 is 2.21 bits per heavy atom. The molecule has 0 spiro atoms. The van der Waals surface area contributed by atoms with E-state index in [0.29, 0.717) is 10.7 Å². The van der Waals surface area contributed by atoms with Crippen molar-refractivity contribution in [3.63, 3.8) is 0 Å². The molecule has 0 unspecified atom stereocenters. The average molecular weight is 216 g/mol. The van der Waals surface area contributed by atoms with Gasteiger partial charge in [0, 0.05) is 0 Å². The van der Waals surface area contributed by atoms with Crippen molar-refractivity contribution >= 4 is 23.4 Å². The number of aliphatic hydroxyl groups excluding tert-OH is 1. The Hall–Kier alpha value is -1.26. The molecule has 14 heavy (non-hydrogen) atoms. The zero-order chi connectivity index (χ0) is 10.4. The second-order valence-electron chi connectivity index (χ2n) is 2.46. The van der Waals surface area contributed by atoms with Crippen molar-refractivity contribution in [2.24, 2.45) is 0 Å². The van der Waals surface area contributed by atoms with Crippen LogP contribution < -0.4 is 5.32 Å². The number of halogens is 1. The molecule has 0 aliphatic rings. The van der Waals surface area contributed by atoms with Gasteiger partial charge in [0.05, 0.1) is 17.3 Å². The molecule has 0 aromatic heterocycles. The summed E-state index contributed by atoms with van der Waals surface area (Å²) in [6.45, 7) is -0.230. The van der Waals surface area contributed by atoms with Gasteiger partial charge in [-0.2, -0.15) is 0 Å². The van der Waals surface area contributed by atoms with Crippen LogP contribution in [0.25, 0.3) is 0 Å². The van der Waals surface area contributed by atoms with E-state index in [9.17, 15) is 4.79 Å². The zero-order valence-electron chi connectivity index (χ0n) is 7.37. The Bertz CT molecular complexity index is 317. The van der Waals surface area contributed by atoms with Crippen LogP contribution in [0, 0.1) is 0 Å². The summed E-state index contributed by atoms with van der Waals surface area (Å²) >= 11 is 5.78. The van der Waals surface area contributed by atoms with Crippen LogP contribution in [0.2, 0.25) is 5.02 Å². The molecule has 0 atom stereocenters. The molecule has 4 nitrogen and oxygen atoms in total. The lowest BCUT2D eigenvalue weighted by Gasteiger charge is -2.06. The number of carbonyl (C=O) groups is 1. The summed E-state index contributed by atoms with van der Waals surface area (Å²) in [6.07, 6.45) is -0.632. The van der Waals surface area contributed by atoms with E-state index in [4.69, 9.17) is 16.7 Å². The molecule has 0 fully saturated rings. The van der Waals surface area contributed by atoms with E-state index in [0.717, 1.165) is 0 Å². The number of rotatable bonds is 3. The van der Waals surface area contributed by atoms with Gasteiger partial charge in [-0.25, -0.2) is 4.79 Å². The van der Waals surface area contributed by atoms with Gasteiger partial charge in [-0.05, 0) is 12.1 Å². The molecule has 1 amide bonds. The maximum atomic E-state index is 11.0. The Kier molecular flexibility index (Phi) is 4.22. The summed E-state index contributed by atoms with van der Waals surface area (Å²) in [6, 6.07) is 6.81. The first-order valence-corrected chi connectivity index (χ1v) is 4.41. The van der Waals surface area contributed by atoms with E-state index >= 15 is 0 Å². The predicted octanol–water partition coefficient (Wildman–Crippen LogP) is 1.88. The van der Waals surface area contributed by atoms with Gasteiger partial charge in [0.1, 0.15) is 6.61 Å². The highest BCUT2D eigenvalue weighted by Crippen LogP contribution is 2.20. The topological polar surface area (TPSA) is 58.6 Å². The fourth-order valence-electron chi connectivity index (χ4n) is 0.847. The molecular formula is C9H10ClNO3. The van der Waals surface area contributed by atoms with Crippen LogP contribution in [-0.2, 0) is 4.74 Å². The monoisotopic (exact) mass is 215 g/mol. The van der Waals surface area contributed by atoms with Crippen LogP contribution in [-0.4, -0.2) is 24.4 Å². The highest BCUT2D eigenvalue weighted by atomic mass is 35.5. The number of hydrogen-bond acceptors (Lipinski definition) is 3. The fraction of sp³-hybridized carbons (Fsp3) is 0.222. The number of benzene rings is 1. The summed E-state index contributed by atoms with van der Waals surface area (Å²) in [5, 5.41) is 11.3. The molecule has 1 aromatic carbocycles. The molecule has 0 heterocycles. The molecule has 0 bridgehead atoms. The SMILES string of the molecule is O=C(Nc1ccccc1Cl)OCCO. The average Bonchev–Trinajstić information content (AvgIpc) is 2.18. The number of amides is 1. The van der Waals surface area contributed by atoms with Crippen molar-refractivity contribution in [2.45, 2.75) is 0 Å². The number of anilines is 1. The largest absolute Gasteiger partial charge is 0.447 e. The molecule has 1 aromatic rings. The number of para-hydroxylation sites is 1. The van der Waals surface area contributed by atoms with E-state index < -0.39 is 6.09 Å². The fourth-order valence-corrected chi connectivity index (χ4v) is 1.03. The minimum Gasteiger partial charge on any atom is -0.447 e. The lowest BCUT2D eigenvalue weighted by Crippen LogP contribution is -2.15. The Balaban J connectivity index is 2.52. The van der Waals surface area contributed by atoms with Gasteiger partial charge in [0.25, 0.3) is 0 Å². The van der Waals surface area contributed by atoms with Crippen molar-refractivity contribution in [3.05, 3.63) is 29.3 Å². The van der Waals surface area contributed by atoms with E-state index in [1.807, 2.05) is 0 Å². The number of ether oxygens (including phenoxy) is 1. The van der Waals surface area contributed by atoms with Crippen LogP contribution in [0.1, 0.15) is 0 Å². The van der Waals surface area contributed by atoms with Crippen LogP contribution >= 0.6 is 11.6 Å². The third-order valence-electron chi connectivity index (χ3n) is 1.44. The molecule has 0 radical (unpaired) electrons. The van der Waals surface area contributed by atoms with Crippen molar-refractivity contribution in [2.75, 3.05) is 18.5 Å². The summed E-state index contributed by atoms with van der Waals surface area (Å²) < 4.78 is 4.59. The first-order chi connectivity index (χ1) is 6.74. The standard InChI is InChI=1S/C9H10ClNO3/c10-7-3-1-2-4-8(7)11-9(13)14-6-5-12/h1-4,12H,5-6H2,(H,11,13). The Morgan fingerprint density at radius 3 is 2.86 bits per heavy atom. The first-order valence-electron chi connectivity index (χ1n) is 4.03. The molecule has 0 saturated heterocycles. The van der Waals surface area contributed by atoms with E-state index in [-0.39, 0.29) is 13.2 Å². The van der Waals surface area contributed by atoms with Crippen molar-refractivity contribution in [1.29, 1.82) is 0 Å². The van der Waals surface area contributed by atoms with Gasteiger partial charge in [-0.15, -0.1) is 0 Å². The molecule has 0 saturated carbocycles. The van der Waals surface area contributed by atoms with Gasteiger partial charge in [-0.3, -0.25) is 5.32 Å². The predicted molar refractivity (Wildman–Crippen MR) is 53.5 cm³/mol. The number of hydrogen-bond donors (Lipinski definition) is 2. The van der Waals surface area contributed by atoms with E-state index in [1.54, 1.807) is 24.3 Å². The normalized spacial score (nSPS) is 9.57. The quantitative estimate of drug-likeness (QED) is 0.810. The highest BCUT2D eigenvalue weighted by molar-refractivity contribution is 6.33. The second-order valence-corrected chi connectivity index (χ2v) is 2.87. The van der Waals surface area contributed by atoms with Gasteiger partial charge in [0.15, 0.2) is 0 Å². The molecule has 0 aliphatic heterocycles. The lowest BCUT2D eigenvalue weighted by molar-refractivity contribution is 0.131. The molecule has 1 rings (SSSR count). The minimum atomic E-state index is -0.632. The first kappa shape index (κ1) is 10.8. The van der Waals surface area contributed by atoms with Crippen LogP contribution in [0.4, 0.5) is 10.5 Å². The van der Waals surface area contributed by atoms with E-state index in [2.05, 4.69) is 10.1 Å². The zero-order valence-corrected chi connectivity index (χ0v) is 8.12. The molecule has 5 heteroatoms. The van der Waals surface area contributed by atoms with Crippen LogP contribution in [0.3, 0.4) is 0 Å². The molecule has 0 aliphatic carbocycles. The molecular weight excluding hydrogens is 206 g/mol. The van der Waals surface area contributed by atoms with Crippen molar-refractivity contribution in [3.8, 4) is 0 Å². The summed E-state index contributed by atoms with van der Waals surface area (Å²) in [5.41, 5.74) is 0.483. The lowest BCUT2D eigenvalue weighted by atomic mass is 10.3. The molecule has 76 valence electrons. The maximum Gasteiger partial charge on any atom is 0.411 e. The molecule has 2 N–H and O–H groups in total. The van der Waals surface area contributed by atoms with Crippen LogP contribution in [0.15, 0.2) is 24.3 Å². The number of nitrogens with one attached hydrogen (secondary N) is 1. The summed E-state index contributed by atoms with van der Waals surface area (Å²) in [7, 11) is 0. The van der Waals surface area contributed by atoms with Gasteiger partial charge in [0.2, 0.25) is 0 Å².